The number of primary amides is 1. The second kappa shape index (κ2) is 13.0. The largest absolute Gasteiger partial charge is 0.494 e. The number of carbonyl (C=O) groups is 2. The first-order chi connectivity index (χ1) is 14.5. The number of hydrogen-bond acceptors (Lipinski definition) is 4. The maximum atomic E-state index is 12.2. The van der Waals surface area contributed by atoms with Gasteiger partial charge in [-0.3, -0.25) is 9.59 Å². The molecule has 0 saturated carbocycles. The molecule has 30 heavy (non-hydrogen) atoms. The van der Waals surface area contributed by atoms with Crippen molar-refractivity contribution in [3.63, 3.8) is 0 Å². The van der Waals surface area contributed by atoms with Crippen LogP contribution in [0.1, 0.15) is 55.8 Å². The van der Waals surface area contributed by atoms with Crippen molar-refractivity contribution >= 4 is 24.4 Å². The molecule has 162 valence electrons. The number of unbranched alkanes of at least 4 members (excludes halogenated alkanes) is 5. The molecule has 3 N–H and O–H groups in total. The highest BCUT2D eigenvalue weighted by Crippen LogP contribution is 2.23. The zero-order valence-electron chi connectivity index (χ0n) is 17.6. The number of nitrogens with two attached hydrogens (primary N) is 1. The molecule has 2 aromatic rings. The molecule has 1 atom stereocenters. The Hall–Kier alpha value is -2.47. The summed E-state index contributed by atoms with van der Waals surface area (Å²) in [7, 11) is 0. The van der Waals surface area contributed by atoms with Crippen LogP contribution in [0, 0.1) is 0 Å². The molecule has 0 aliphatic rings. The van der Waals surface area contributed by atoms with Crippen LogP contribution < -0.4 is 15.8 Å². The van der Waals surface area contributed by atoms with Gasteiger partial charge < -0.3 is 15.8 Å². The highest BCUT2D eigenvalue weighted by atomic mass is 32.1. The third-order valence-electron chi connectivity index (χ3n) is 4.93. The topological polar surface area (TPSA) is 81.4 Å². The molecule has 2 rings (SSSR count). The van der Waals surface area contributed by atoms with Gasteiger partial charge in [-0.15, -0.1) is 0 Å². The molecule has 0 aliphatic carbocycles. The van der Waals surface area contributed by atoms with Crippen LogP contribution in [-0.2, 0) is 4.79 Å². The Morgan fingerprint density at radius 2 is 1.50 bits per heavy atom. The van der Waals surface area contributed by atoms with Gasteiger partial charge in [-0.2, -0.15) is 12.6 Å². The van der Waals surface area contributed by atoms with Crippen molar-refractivity contribution in [3.05, 3.63) is 54.1 Å². The Bertz CT molecular complexity index is 791. The van der Waals surface area contributed by atoms with Gasteiger partial charge in [0.05, 0.1) is 6.61 Å². The third-order valence-corrected chi connectivity index (χ3v) is 5.30. The van der Waals surface area contributed by atoms with E-state index in [-0.39, 0.29) is 11.7 Å². The van der Waals surface area contributed by atoms with Gasteiger partial charge in [-0.25, -0.2) is 0 Å². The van der Waals surface area contributed by atoms with E-state index in [1.807, 2.05) is 36.4 Å². The molecule has 0 bridgehead atoms. The fraction of sp³-hybridized carbons (Fsp3) is 0.417. The predicted octanol–water partition coefficient (Wildman–Crippen LogP) is 4.61. The van der Waals surface area contributed by atoms with E-state index < -0.39 is 11.9 Å². The van der Waals surface area contributed by atoms with E-state index in [0.29, 0.717) is 5.56 Å². The van der Waals surface area contributed by atoms with E-state index in [4.69, 9.17) is 10.5 Å². The maximum absolute atomic E-state index is 12.2. The summed E-state index contributed by atoms with van der Waals surface area (Å²) in [6.07, 6.45) is 7.47. The summed E-state index contributed by atoms with van der Waals surface area (Å²) in [6.45, 7) is 2.97. The molecule has 0 radical (unpaired) electrons. The fourth-order valence-electron chi connectivity index (χ4n) is 3.08. The highest BCUT2D eigenvalue weighted by molar-refractivity contribution is 7.80. The van der Waals surface area contributed by atoms with E-state index in [0.717, 1.165) is 29.9 Å². The summed E-state index contributed by atoms with van der Waals surface area (Å²) < 4.78 is 5.82. The molecule has 0 unspecified atom stereocenters. The maximum Gasteiger partial charge on any atom is 0.251 e. The molecule has 0 fully saturated rings. The second-order valence-corrected chi connectivity index (χ2v) is 7.69. The Morgan fingerprint density at radius 1 is 0.933 bits per heavy atom. The lowest BCUT2D eigenvalue weighted by molar-refractivity contribution is -0.119. The lowest BCUT2D eigenvalue weighted by atomic mass is 10.0. The minimum absolute atomic E-state index is 0.159. The summed E-state index contributed by atoms with van der Waals surface area (Å²) in [5.74, 6) is 0.0751. The summed E-state index contributed by atoms with van der Waals surface area (Å²) in [5, 5.41) is 2.58. The Kier molecular flexibility index (Phi) is 10.3. The van der Waals surface area contributed by atoms with Crippen molar-refractivity contribution in [1.29, 1.82) is 0 Å². The number of nitrogens with one attached hydrogen (secondary N) is 1. The third kappa shape index (κ3) is 7.75. The van der Waals surface area contributed by atoms with Crippen molar-refractivity contribution in [2.45, 2.75) is 51.5 Å². The first kappa shape index (κ1) is 23.8. The summed E-state index contributed by atoms with van der Waals surface area (Å²) in [6, 6.07) is 14.4. The van der Waals surface area contributed by atoms with E-state index in [1.54, 1.807) is 12.1 Å². The normalized spacial score (nSPS) is 11.7. The van der Waals surface area contributed by atoms with Gasteiger partial charge in [0.1, 0.15) is 11.8 Å². The molecule has 0 saturated heterocycles. The van der Waals surface area contributed by atoms with Crippen LogP contribution in [0.3, 0.4) is 0 Å². The monoisotopic (exact) mass is 428 g/mol. The average Bonchev–Trinajstić information content (AvgIpc) is 2.77. The summed E-state index contributed by atoms with van der Waals surface area (Å²) in [5.41, 5.74) is 7.74. The first-order valence-electron chi connectivity index (χ1n) is 10.6. The number of thiol groups is 1. The van der Waals surface area contributed by atoms with Crippen LogP contribution in [0.25, 0.3) is 11.1 Å². The quantitative estimate of drug-likeness (QED) is 0.322. The molecule has 5 nitrogen and oxygen atoms in total. The highest BCUT2D eigenvalue weighted by Gasteiger charge is 2.17. The van der Waals surface area contributed by atoms with Crippen LogP contribution in [-0.4, -0.2) is 30.2 Å². The van der Waals surface area contributed by atoms with E-state index in [2.05, 4.69) is 24.9 Å². The van der Waals surface area contributed by atoms with Crippen LogP contribution in [0.15, 0.2) is 48.5 Å². The smallest absolute Gasteiger partial charge is 0.251 e. The van der Waals surface area contributed by atoms with Gasteiger partial charge in [0, 0.05) is 11.3 Å². The van der Waals surface area contributed by atoms with E-state index in [1.165, 1.54) is 32.1 Å². The Labute approximate surface area is 184 Å². The number of rotatable bonds is 13. The fourth-order valence-corrected chi connectivity index (χ4v) is 3.35. The average molecular weight is 429 g/mol. The number of benzene rings is 2. The number of amides is 2. The molecule has 2 aromatic carbocycles. The minimum Gasteiger partial charge on any atom is -0.494 e. The van der Waals surface area contributed by atoms with Gasteiger partial charge in [-0.05, 0) is 41.8 Å². The summed E-state index contributed by atoms with van der Waals surface area (Å²) >= 11 is 4.03. The Morgan fingerprint density at radius 3 is 2.07 bits per heavy atom. The van der Waals surface area contributed by atoms with E-state index in [9.17, 15) is 9.59 Å². The van der Waals surface area contributed by atoms with Gasteiger partial charge in [0.2, 0.25) is 5.91 Å². The number of ether oxygens (including phenoxy) is 1. The van der Waals surface area contributed by atoms with Gasteiger partial charge in [0.25, 0.3) is 5.91 Å². The lowest BCUT2D eigenvalue weighted by Gasteiger charge is -2.13. The van der Waals surface area contributed by atoms with Gasteiger partial charge in [0.15, 0.2) is 0 Å². The van der Waals surface area contributed by atoms with Crippen molar-refractivity contribution < 1.29 is 14.3 Å². The van der Waals surface area contributed by atoms with E-state index >= 15 is 0 Å². The molecule has 2 amide bonds. The zero-order valence-corrected chi connectivity index (χ0v) is 18.5. The number of carbonyl (C=O) groups excluding carboxylic acids is 2. The van der Waals surface area contributed by atoms with Gasteiger partial charge in [-0.1, -0.05) is 63.3 Å². The molecular formula is C24H32N2O3S. The number of hydrogen-bond donors (Lipinski definition) is 3. The first-order valence-corrected chi connectivity index (χ1v) is 11.2. The molecule has 0 spiro atoms. The van der Waals surface area contributed by atoms with Gasteiger partial charge >= 0.3 is 0 Å². The van der Waals surface area contributed by atoms with Crippen molar-refractivity contribution in [2.24, 2.45) is 5.73 Å². The molecule has 0 aromatic heterocycles. The van der Waals surface area contributed by atoms with Crippen LogP contribution in [0.2, 0.25) is 0 Å². The van der Waals surface area contributed by atoms with Crippen LogP contribution in [0.5, 0.6) is 5.75 Å². The minimum atomic E-state index is -0.788. The summed E-state index contributed by atoms with van der Waals surface area (Å²) in [4.78, 5) is 23.5. The molecule has 6 heteroatoms. The van der Waals surface area contributed by atoms with Crippen LogP contribution >= 0.6 is 12.6 Å². The molecule has 0 aliphatic heterocycles. The molecule has 0 heterocycles. The predicted molar refractivity (Wildman–Crippen MR) is 125 cm³/mol. The SMILES string of the molecule is CCCCCCCCOc1ccc(-c2ccc(C(=O)N[C@@H](CS)C(N)=O)cc2)cc1. The second-order valence-electron chi connectivity index (χ2n) is 7.33. The molecular weight excluding hydrogens is 396 g/mol. The zero-order chi connectivity index (χ0) is 21.8. The van der Waals surface area contributed by atoms with Crippen LogP contribution in [0.4, 0.5) is 0 Å². The van der Waals surface area contributed by atoms with Crippen molar-refractivity contribution in [1.82, 2.24) is 5.32 Å². The van der Waals surface area contributed by atoms with Crippen molar-refractivity contribution in [2.75, 3.05) is 12.4 Å². The Balaban J connectivity index is 1.85. The lowest BCUT2D eigenvalue weighted by Crippen LogP contribution is -2.45. The standard InChI is InChI=1S/C24H32N2O3S/c1-2-3-4-5-6-7-16-29-21-14-12-19(13-15-21)18-8-10-20(11-9-18)24(28)26-22(17-30)23(25)27/h8-15,22,30H,2-7,16-17H2,1H3,(H2,25,27)(H,26,28)/t22-/m0/s1. The van der Waals surface area contributed by atoms with Crippen molar-refractivity contribution in [3.8, 4) is 16.9 Å².